The van der Waals surface area contributed by atoms with Crippen molar-refractivity contribution in [2.75, 3.05) is 0 Å². The van der Waals surface area contributed by atoms with Crippen LogP contribution in [-0.2, 0) is 17.9 Å². The van der Waals surface area contributed by atoms with Crippen LogP contribution >= 0.6 is 0 Å². The zero-order chi connectivity index (χ0) is 13.9. The molecule has 0 radical (unpaired) electrons. The van der Waals surface area contributed by atoms with Crippen molar-refractivity contribution in [1.29, 1.82) is 0 Å². The Hall–Kier alpha value is -1.32. The summed E-state index contributed by atoms with van der Waals surface area (Å²) in [7, 11) is 0. The predicted molar refractivity (Wildman–Crippen MR) is 80.3 cm³/mol. The highest BCUT2D eigenvalue weighted by Gasteiger charge is 2.23. The molecule has 0 bridgehead atoms. The molecule has 3 rings (SSSR count). The van der Waals surface area contributed by atoms with Gasteiger partial charge in [0.05, 0.1) is 19.3 Å². The van der Waals surface area contributed by atoms with E-state index in [1.165, 1.54) is 25.7 Å². The third-order valence-corrected chi connectivity index (χ3v) is 4.44. The van der Waals surface area contributed by atoms with Gasteiger partial charge < -0.3 is 14.9 Å². The number of hydrogen-bond acceptors (Lipinski definition) is 3. The Morgan fingerprint density at radius 1 is 1.25 bits per heavy atom. The molecule has 1 saturated carbocycles. The molecule has 1 aliphatic rings. The van der Waals surface area contributed by atoms with E-state index in [0.717, 1.165) is 22.3 Å². The van der Waals surface area contributed by atoms with Crippen molar-refractivity contribution in [1.82, 2.24) is 0 Å². The largest absolute Gasteiger partial charge is 0.459 e. The van der Waals surface area contributed by atoms with Gasteiger partial charge >= 0.3 is 0 Å². The topological polar surface area (TPSA) is 48.4 Å². The third kappa shape index (κ3) is 2.60. The number of para-hydroxylation sites is 1. The van der Waals surface area contributed by atoms with Gasteiger partial charge in [-0.15, -0.1) is 0 Å². The molecule has 2 N–H and O–H groups in total. The Morgan fingerprint density at radius 2 is 2.05 bits per heavy atom. The van der Waals surface area contributed by atoms with E-state index in [-0.39, 0.29) is 0 Å². The van der Waals surface area contributed by atoms with Gasteiger partial charge in [-0.1, -0.05) is 38.0 Å². The van der Waals surface area contributed by atoms with Gasteiger partial charge in [-0.3, -0.25) is 0 Å². The standard InChI is InChI=1S/C17H23NO2/c1-12-6-2-4-8-15(12)19-11-14-13-7-3-5-9-16(13)20-17(14)10-18/h3,5,7,9,12,15H,2,4,6,8,10-11,18H2,1H3. The molecule has 1 aromatic carbocycles. The molecule has 0 amide bonds. The Balaban J connectivity index is 1.79. The Bertz CT molecular complexity index is 575. The van der Waals surface area contributed by atoms with E-state index in [9.17, 15) is 0 Å². The van der Waals surface area contributed by atoms with Crippen LogP contribution in [0.3, 0.4) is 0 Å². The van der Waals surface area contributed by atoms with Crippen LogP contribution in [0.4, 0.5) is 0 Å². The summed E-state index contributed by atoms with van der Waals surface area (Å²) < 4.78 is 12.0. The van der Waals surface area contributed by atoms with E-state index < -0.39 is 0 Å². The SMILES string of the molecule is CC1CCCCC1OCc1c(CN)oc2ccccc12. The van der Waals surface area contributed by atoms with Crippen LogP contribution in [0.25, 0.3) is 11.0 Å². The van der Waals surface area contributed by atoms with Gasteiger partial charge in [-0.05, 0) is 24.8 Å². The smallest absolute Gasteiger partial charge is 0.134 e. The van der Waals surface area contributed by atoms with Crippen molar-refractivity contribution in [3.63, 3.8) is 0 Å². The molecular formula is C17H23NO2. The minimum atomic E-state index is 0.378. The molecule has 0 saturated heterocycles. The average molecular weight is 273 g/mol. The summed E-state index contributed by atoms with van der Waals surface area (Å²) in [6, 6.07) is 8.09. The summed E-state index contributed by atoms with van der Waals surface area (Å²) >= 11 is 0. The van der Waals surface area contributed by atoms with Gasteiger partial charge in [0.1, 0.15) is 11.3 Å². The van der Waals surface area contributed by atoms with Crippen LogP contribution in [0.2, 0.25) is 0 Å². The second-order valence-electron chi connectivity index (χ2n) is 5.82. The van der Waals surface area contributed by atoms with Gasteiger partial charge in [-0.25, -0.2) is 0 Å². The molecule has 2 aromatic rings. The van der Waals surface area contributed by atoms with Gasteiger partial charge in [-0.2, -0.15) is 0 Å². The fourth-order valence-electron chi connectivity index (χ4n) is 3.19. The maximum Gasteiger partial charge on any atom is 0.134 e. The minimum Gasteiger partial charge on any atom is -0.459 e. The molecule has 1 aliphatic carbocycles. The van der Waals surface area contributed by atoms with Crippen LogP contribution in [0, 0.1) is 5.92 Å². The number of benzene rings is 1. The number of nitrogens with two attached hydrogens (primary N) is 1. The molecule has 2 atom stereocenters. The van der Waals surface area contributed by atoms with Crippen molar-refractivity contribution in [2.45, 2.75) is 51.9 Å². The molecule has 1 fully saturated rings. The number of fused-ring (bicyclic) bond motifs is 1. The third-order valence-electron chi connectivity index (χ3n) is 4.44. The molecular weight excluding hydrogens is 250 g/mol. The van der Waals surface area contributed by atoms with Gasteiger partial charge in [0.15, 0.2) is 0 Å². The van der Waals surface area contributed by atoms with E-state index in [0.29, 0.717) is 25.2 Å². The van der Waals surface area contributed by atoms with E-state index in [1.807, 2.05) is 18.2 Å². The zero-order valence-corrected chi connectivity index (χ0v) is 12.1. The zero-order valence-electron chi connectivity index (χ0n) is 12.1. The van der Waals surface area contributed by atoms with Crippen LogP contribution in [0.15, 0.2) is 28.7 Å². The Kier molecular flexibility index (Phi) is 4.08. The summed E-state index contributed by atoms with van der Waals surface area (Å²) in [5.74, 6) is 1.51. The molecule has 2 unspecified atom stereocenters. The van der Waals surface area contributed by atoms with Crippen LogP contribution in [0.1, 0.15) is 43.9 Å². The van der Waals surface area contributed by atoms with Crippen molar-refractivity contribution in [3.05, 3.63) is 35.6 Å². The normalized spacial score (nSPS) is 23.3. The number of furan rings is 1. The average Bonchev–Trinajstić information content (AvgIpc) is 2.84. The lowest BCUT2D eigenvalue weighted by atomic mass is 9.88. The maximum absolute atomic E-state index is 6.17. The fraction of sp³-hybridized carbons (Fsp3) is 0.529. The Morgan fingerprint density at radius 3 is 2.85 bits per heavy atom. The van der Waals surface area contributed by atoms with E-state index in [4.69, 9.17) is 14.9 Å². The lowest BCUT2D eigenvalue weighted by molar-refractivity contribution is -0.0155. The first-order chi connectivity index (χ1) is 9.79. The first-order valence-corrected chi connectivity index (χ1v) is 7.60. The molecule has 20 heavy (non-hydrogen) atoms. The molecule has 0 aliphatic heterocycles. The molecule has 3 heteroatoms. The number of ether oxygens (including phenoxy) is 1. The lowest BCUT2D eigenvalue weighted by Crippen LogP contribution is -2.25. The highest BCUT2D eigenvalue weighted by Crippen LogP contribution is 2.30. The van der Waals surface area contributed by atoms with Crippen LogP contribution < -0.4 is 5.73 Å². The van der Waals surface area contributed by atoms with Crippen LogP contribution in [-0.4, -0.2) is 6.10 Å². The first kappa shape index (κ1) is 13.7. The van der Waals surface area contributed by atoms with Crippen molar-refractivity contribution >= 4 is 11.0 Å². The lowest BCUT2D eigenvalue weighted by Gasteiger charge is -2.28. The van der Waals surface area contributed by atoms with E-state index in [2.05, 4.69) is 13.0 Å². The highest BCUT2D eigenvalue weighted by molar-refractivity contribution is 5.82. The predicted octanol–water partition coefficient (Wildman–Crippen LogP) is 3.99. The highest BCUT2D eigenvalue weighted by atomic mass is 16.5. The molecule has 1 aromatic heterocycles. The summed E-state index contributed by atoms with van der Waals surface area (Å²) in [4.78, 5) is 0. The summed E-state index contributed by atoms with van der Waals surface area (Å²) in [5.41, 5.74) is 7.83. The van der Waals surface area contributed by atoms with Crippen LogP contribution in [0.5, 0.6) is 0 Å². The first-order valence-electron chi connectivity index (χ1n) is 7.60. The van der Waals surface area contributed by atoms with Crippen molar-refractivity contribution in [3.8, 4) is 0 Å². The van der Waals surface area contributed by atoms with E-state index in [1.54, 1.807) is 0 Å². The maximum atomic E-state index is 6.17. The second kappa shape index (κ2) is 5.98. The van der Waals surface area contributed by atoms with Gasteiger partial charge in [0, 0.05) is 10.9 Å². The summed E-state index contributed by atoms with van der Waals surface area (Å²) in [5, 5.41) is 1.14. The molecule has 3 nitrogen and oxygen atoms in total. The number of rotatable bonds is 4. The summed E-state index contributed by atoms with van der Waals surface area (Å²) in [6.45, 7) is 3.33. The molecule has 0 spiro atoms. The molecule has 108 valence electrons. The quantitative estimate of drug-likeness (QED) is 0.916. The van der Waals surface area contributed by atoms with Crippen molar-refractivity contribution in [2.24, 2.45) is 11.7 Å². The monoisotopic (exact) mass is 273 g/mol. The Labute approximate surface area is 120 Å². The minimum absolute atomic E-state index is 0.378. The molecule has 1 heterocycles. The number of hydrogen-bond donors (Lipinski definition) is 1. The summed E-state index contributed by atoms with van der Waals surface area (Å²) in [6.07, 6.45) is 5.45. The van der Waals surface area contributed by atoms with E-state index >= 15 is 0 Å². The second-order valence-corrected chi connectivity index (χ2v) is 5.82. The fourth-order valence-corrected chi connectivity index (χ4v) is 3.19. The van der Waals surface area contributed by atoms with Gasteiger partial charge in [0.2, 0.25) is 0 Å². The van der Waals surface area contributed by atoms with Gasteiger partial charge in [0.25, 0.3) is 0 Å². The van der Waals surface area contributed by atoms with Crippen molar-refractivity contribution < 1.29 is 9.15 Å².